The molecule has 0 amide bonds. The molecular weight excluding hydrogens is 364 g/mol. The van der Waals surface area contributed by atoms with Crippen LogP contribution in [0.3, 0.4) is 0 Å². The number of hydrogen-bond acceptors (Lipinski definition) is 2. The molecule has 0 aliphatic rings. The van der Waals surface area contributed by atoms with Gasteiger partial charge in [-0.1, -0.05) is 51.8 Å². The van der Waals surface area contributed by atoms with Gasteiger partial charge in [0.1, 0.15) is 0 Å². The van der Waals surface area contributed by atoms with Gasteiger partial charge in [0.2, 0.25) is 0 Å². The van der Waals surface area contributed by atoms with Crippen molar-refractivity contribution in [3.63, 3.8) is 0 Å². The lowest BCUT2D eigenvalue weighted by Gasteiger charge is -2.08. The van der Waals surface area contributed by atoms with Gasteiger partial charge in [0, 0.05) is 21.1 Å². The molecule has 1 aromatic heterocycles. The lowest BCUT2D eigenvalue weighted by molar-refractivity contribution is 0.643. The molecule has 0 saturated heterocycles. The largest absolute Gasteiger partial charge is 0.268 e. The van der Waals surface area contributed by atoms with E-state index in [4.69, 9.17) is 11.6 Å². The van der Waals surface area contributed by atoms with Crippen LogP contribution in [0.25, 0.3) is 11.3 Å². The van der Waals surface area contributed by atoms with Crippen LogP contribution < -0.4 is 5.56 Å². The summed E-state index contributed by atoms with van der Waals surface area (Å²) >= 11 is 9.39. The fourth-order valence-electron chi connectivity index (χ4n) is 2.15. The summed E-state index contributed by atoms with van der Waals surface area (Å²) in [7, 11) is 0. The van der Waals surface area contributed by atoms with Crippen molar-refractivity contribution in [3.8, 4) is 11.3 Å². The van der Waals surface area contributed by atoms with E-state index in [0.29, 0.717) is 11.6 Å². The number of nitrogens with zero attached hydrogens (tertiary/aromatic N) is 2. The Hall–Kier alpha value is -1.91. The normalized spacial score (nSPS) is 10.6. The van der Waals surface area contributed by atoms with E-state index < -0.39 is 0 Å². The quantitative estimate of drug-likeness (QED) is 0.681. The fourth-order valence-corrected chi connectivity index (χ4v) is 2.62. The Bertz CT molecular complexity index is 859. The van der Waals surface area contributed by atoms with Crippen molar-refractivity contribution in [2.24, 2.45) is 0 Å². The molecule has 5 heteroatoms. The zero-order valence-electron chi connectivity index (χ0n) is 11.5. The molecular formula is C17H12BrClN2O. The van der Waals surface area contributed by atoms with E-state index in [2.05, 4.69) is 21.0 Å². The summed E-state index contributed by atoms with van der Waals surface area (Å²) in [6, 6.07) is 18.5. The Morgan fingerprint density at radius 1 is 1.05 bits per heavy atom. The molecule has 0 atom stereocenters. The predicted octanol–water partition coefficient (Wildman–Crippen LogP) is 4.37. The van der Waals surface area contributed by atoms with Gasteiger partial charge in [0.25, 0.3) is 5.56 Å². The molecule has 0 saturated carbocycles. The minimum absolute atomic E-state index is 0.138. The highest BCUT2D eigenvalue weighted by Crippen LogP contribution is 2.19. The van der Waals surface area contributed by atoms with Gasteiger partial charge in [-0.15, -0.1) is 0 Å². The second kappa shape index (κ2) is 6.46. The van der Waals surface area contributed by atoms with E-state index in [1.807, 2.05) is 42.5 Å². The third kappa shape index (κ3) is 3.46. The highest BCUT2D eigenvalue weighted by atomic mass is 79.9. The van der Waals surface area contributed by atoms with E-state index in [1.165, 1.54) is 10.7 Å². The van der Waals surface area contributed by atoms with Gasteiger partial charge in [0.05, 0.1) is 12.2 Å². The van der Waals surface area contributed by atoms with Gasteiger partial charge in [0.15, 0.2) is 0 Å². The third-order valence-corrected chi connectivity index (χ3v) is 3.99. The molecule has 3 aromatic rings. The Morgan fingerprint density at radius 3 is 2.55 bits per heavy atom. The van der Waals surface area contributed by atoms with Crippen LogP contribution in [-0.2, 0) is 6.54 Å². The van der Waals surface area contributed by atoms with Crippen LogP contribution in [0.5, 0.6) is 0 Å². The third-order valence-electron chi connectivity index (χ3n) is 3.23. The maximum absolute atomic E-state index is 12.0. The van der Waals surface area contributed by atoms with Gasteiger partial charge in [-0.05, 0) is 35.9 Å². The molecule has 0 aliphatic heterocycles. The topological polar surface area (TPSA) is 34.9 Å². The maximum atomic E-state index is 12.0. The lowest BCUT2D eigenvalue weighted by atomic mass is 10.1. The lowest BCUT2D eigenvalue weighted by Crippen LogP contribution is -2.22. The van der Waals surface area contributed by atoms with Crippen molar-refractivity contribution in [2.75, 3.05) is 0 Å². The van der Waals surface area contributed by atoms with E-state index in [0.717, 1.165) is 21.3 Å². The zero-order chi connectivity index (χ0) is 15.5. The molecule has 3 nitrogen and oxygen atoms in total. The van der Waals surface area contributed by atoms with Gasteiger partial charge in [-0.3, -0.25) is 4.79 Å². The van der Waals surface area contributed by atoms with E-state index >= 15 is 0 Å². The Kier molecular flexibility index (Phi) is 4.41. The summed E-state index contributed by atoms with van der Waals surface area (Å²) in [6.07, 6.45) is 0. The minimum atomic E-state index is -0.138. The molecule has 0 spiro atoms. The average molecular weight is 376 g/mol. The molecule has 0 unspecified atom stereocenters. The SMILES string of the molecule is O=c1ccc(-c2ccc(Br)cc2)nn1Cc1cccc(Cl)c1. The molecule has 110 valence electrons. The standard InChI is InChI=1S/C17H12BrClN2O/c18-14-6-4-13(5-7-14)16-8-9-17(22)21(20-16)11-12-2-1-3-15(19)10-12/h1-10H,11H2. The number of benzene rings is 2. The van der Waals surface area contributed by atoms with Crippen LogP contribution in [0.4, 0.5) is 0 Å². The number of halogens is 2. The molecule has 22 heavy (non-hydrogen) atoms. The van der Waals surface area contributed by atoms with Crippen molar-refractivity contribution in [2.45, 2.75) is 6.54 Å². The molecule has 3 rings (SSSR count). The van der Waals surface area contributed by atoms with Gasteiger partial charge >= 0.3 is 0 Å². The Morgan fingerprint density at radius 2 is 1.82 bits per heavy atom. The zero-order valence-corrected chi connectivity index (χ0v) is 13.9. The summed E-state index contributed by atoms with van der Waals surface area (Å²) in [5, 5.41) is 5.09. The van der Waals surface area contributed by atoms with Gasteiger partial charge in [-0.2, -0.15) is 5.10 Å². The smallest absolute Gasteiger partial charge is 0.267 e. The van der Waals surface area contributed by atoms with Crippen LogP contribution in [0.2, 0.25) is 5.02 Å². The Labute approximate surface area is 141 Å². The van der Waals surface area contributed by atoms with Crippen molar-refractivity contribution >= 4 is 27.5 Å². The first-order valence-electron chi connectivity index (χ1n) is 6.70. The van der Waals surface area contributed by atoms with Gasteiger partial charge in [-0.25, -0.2) is 4.68 Å². The van der Waals surface area contributed by atoms with Crippen molar-refractivity contribution in [3.05, 3.63) is 86.1 Å². The number of hydrogen-bond donors (Lipinski definition) is 0. The Balaban J connectivity index is 1.96. The molecule has 0 fully saturated rings. The van der Waals surface area contributed by atoms with Crippen molar-refractivity contribution in [1.29, 1.82) is 0 Å². The van der Waals surface area contributed by atoms with Crippen molar-refractivity contribution < 1.29 is 0 Å². The first-order valence-corrected chi connectivity index (χ1v) is 7.87. The summed E-state index contributed by atoms with van der Waals surface area (Å²) in [6.45, 7) is 0.393. The first-order chi connectivity index (χ1) is 10.6. The van der Waals surface area contributed by atoms with Crippen LogP contribution in [0.15, 0.2) is 69.9 Å². The van der Waals surface area contributed by atoms with E-state index in [9.17, 15) is 4.79 Å². The van der Waals surface area contributed by atoms with E-state index in [1.54, 1.807) is 12.1 Å². The molecule has 0 N–H and O–H groups in total. The van der Waals surface area contributed by atoms with Gasteiger partial charge < -0.3 is 0 Å². The second-order valence-electron chi connectivity index (χ2n) is 4.85. The van der Waals surface area contributed by atoms with Crippen LogP contribution in [0, 0.1) is 0 Å². The molecule has 0 radical (unpaired) electrons. The van der Waals surface area contributed by atoms with Crippen molar-refractivity contribution in [1.82, 2.24) is 9.78 Å². The van der Waals surface area contributed by atoms with Crippen LogP contribution in [-0.4, -0.2) is 9.78 Å². The summed E-state index contributed by atoms with van der Waals surface area (Å²) in [4.78, 5) is 12.0. The molecule has 0 bridgehead atoms. The minimum Gasteiger partial charge on any atom is -0.268 e. The maximum Gasteiger partial charge on any atom is 0.267 e. The first kappa shape index (κ1) is 15.0. The fraction of sp³-hybridized carbons (Fsp3) is 0.0588. The average Bonchev–Trinajstić information content (AvgIpc) is 2.50. The highest BCUT2D eigenvalue weighted by molar-refractivity contribution is 9.10. The van der Waals surface area contributed by atoms with Crippen LogP contribution in [0.1, 0.15) is 5.56 Å². The second-order valence-corrected chi connectivity index (χ2v) is 6.20. The van der Waals surface area contributed by atoms with Crippen LogP contribution >= 0.6 is 27.5 Å². The number of rotatable bonds is 3. The summed E-state index contributed by atoms with van der Waals surface area (Å²) in [5.74, 6) is 0. The molecule has 1 heterocycles. The summed E-state index contributed by atoms with van der Waals surface area (Å²) in [5.41, 5.74) is 2.52. The van der Waals surface area contributed by atoms with E-state index in [-0.39, 0.29) is 5.56 Å². The molecule has 0 aliphatic carbocycles. The predicted molar refractivity (Wildman–Crippen MR) is 92.2 cm³/mol. The monoisotopic (exact) mass is 374 g/mol. The highest BCUT2D eigenvalue weighted by Gasteiger charge is 2.05. The number of aromatic nitrogens is 2. The summed E-state index contributed by atoms with van der Waals surface area (Å²) < 4.78 is 2.45. The molecule has 2 aromatic carbocycles.